The molecule has 0 N–H and O–H groups in total. The maximum atomic E-state index is 12.3. The lowest BCUT2D eigenvalue weighted by atomic mass is 9.96. The smallest absolute Gasteiger partial charge is 0.212 e. The van der Waals surface area contributed by atoms with Crippen molar-refractivity contribution in [2.45, 2.75) is 76.3 Å². The van der Waals surface area contributed by atoms with Crippen LogP contribution in [0.1, 0.15) is 64.2 Å². The van der Waals surface area contributed by atoms with Crippen molar-refractivity contribution in [2.75, 3.05) is 12.5 Å². The van der Waals surface area contributed by atoms with Crippen molar-refractivity contribution in [3.63, 3.8) is 0 Å². The highest BCUT2D eigenvalue weighted by molar-refractivity contribution is 8.12. The molecule has 2 aliphatic rings. The lowest BCUT2D eigenvalue weighted by Gasteiger charge is -2.37. The molecule has 9 heteroatoms. The lowest BCUT2D eigenvalue weighted by Crippen LogP contribution is -2.43. The van der Waals surface area contributed by atoms with E-state index in [1.165, 1.54) is 19.9 Å². The van der Waals surface area contributed by atoms with Crippen molar-refractivity contribution < 1.29 is 16.8 Å². The summed E-state index contributed by atoms with van der Waals surface area (Å²) < 4.78 is 51.7. The average molecular weight is 385 g/mol. The highest BCUT2D eigenvalue weighted by atomic mass is 32.3. The van der Waals surface area contributed by atoms with Crippen molar-refractivity contribution >= 4 is 32.2 Å². The van der Waals surface area contributed by atoms with Gasteiger partial charge in [-0.3, -0.25) is 0 Å². The van der Waals surface area contributed by atoms with E-state index in [0.29, 0.717) is 0 Å². The fourth-order valence-electron chi connectivity index (χ4n) is 3.46. The minimum absolute atomic E-state index is 0.100. The van der Waals surface area contributed by atoms with E-state index in [-0.39, 0.29) is 12.1 Å². The lowest BCUT2D eigenvalue weighted by molar-refractivity contribution is 0.321. The summed E-state index contributed by atoms with van der Waals surface area (Å²) in [5.74, 6) is 0. The van der Waals surface area contributed by atoms with Gasteiger partial charge in [0.05, 0.1) is 12.5 Å². The van der Waals surface area contributed by atoms with E-state index in [4.69, 9.17) is 0 Å². The summed E-state index contributed by atoms with van der Waals surface area (Å²) in [5, 5.41) is 0. The van der Waals surface area contributed by atoms with E-state index < -0.39 is 20.0 Å². The second kappa shape index (κ2) is 8.03. The Bertz CT molecular complexity index is 527. The molecule has 6 nitrogen and oxygen atoms in total. The van der Waals surface area contributed by atoms with Crippen LogP contribution in [-0.4, -0.2) is 48.9 Å². The summed E-state index contributed by atoms with van der Waals surface area (Å²) >= 11 is 0.908. The first-order chi connectivity index (χ1) is 10.7. The van der Waals surface area contributed by atoms with Crippen LogP contribution in [0.15, 0.2) is 0 Å². The molecule has 0 radical (unpaired) electrons. The predicted molar refractivity (Wildman–Crippen MR) is 94.7 cm³/mol. The quantitative estimate of drug-likeness (QED) is 0.658. The van der Waals surface area contributed by atoms with Gasteiger partial charge in [-0.05, 0) is 25.7 Å². The summed E-state index contributed by atoms with van der Waals surface area (Å²) in [7, 11) is -6.94. The third-order valence-corrected chi connectivity index (χ3v) is 9.41. The van der Waals surface area contributed by atoms with Gasteiger partial charge >= 0.3 is 0 Å². The summed E-state index contributed by atoms with van der Waals surface area (Å²) in [6.45, 7) is 0. The van der Waals surface area contributed by atoms with Gasteiger partial charge in [0.2, 0.25) is 20.0 Å². The maximum absolute atomic E-state index is 12.3. The zero-order valence-electron chi connectivity index (χ0n) is 14.0. The van der Waals surface area contributed by atoms with Crippen molar-refractivity contribution in [3.8, 4) is 0 Å². The molecule has 2 aliphatic carbocycles. The molecule has 2 saturated carbocycles. The molecule has 0 atom stereocenters. The van der Waals surface area contributed by atoms with E-state index in [1.54, 1.807) is 0 Å². The summed E-state index contributed by atoms with van der Waals surface area (Å²) in [6.07, 6.45) is 11.8. The maximum Gasteiger partial charge on any atom is 0.221 e. The number of nitrogens with zero attached hydrogens (tertiary/aromatic N) is 2. The Morgan fingerprint density at radius 3 is 1.22 bits per heavy atom. The van der Waals surface area contributed by atoms with Crippen molar-refractivity contribution in [3.05, 3.63) is 0 Å². The van der Waals surface area contributed by atoms with Gasteiger partial charge in [-0.2, -0.15) is 0 Å². The zero-order valence-corrected chi connectivity index (χ0v) is 16.4. The summed E-state index contributed by atoms with van der Waals surface area (Å²) in [6, 6.07) is -0.201. The van der Waals surface area contributed by atoms with Crippen LogP contribution in [0.5, 0.6) is 0 Å². The molecule has 23 heavy (non-hydrogen) atoms. The standard InChI is InChI=1S/C14H28N2O4S3/c1-22(17,18)15(13-9-5-3-6-10-13)21-16(23(2,19)20)14-11-7-4-8-12-14/h13-14H,3-12H2,1-2H3. The van der Waals surface area contributed by atoms with Crippen LogP contribution < -0.4 is 0 Å². The van der Waals surface area contributed by atoms with Gasteiger partial charge < -0.3 is 0 Å². The first kappa shape index (κ1) is 19.5. The molecule has 2 rings (SSSR count). The second-order valence-corrected chi connectivity index (χ2v) is 11.8. The molecule has 0 aromatic rings. The molecular formula is C14H28N2O4S3. The minimum atomic E-state index is -3.47. The van der Waals surface area contributed by atoms with E-state index in [2.05, 4.69) is 0 Å². The van der Waals surface area contributed by atoms with Crippen LogP contribution in [-0.2, 0) is 20.0 Å². The molecule has 0 spiro atoms. The fourth-order valence-corrected chi connectivity index (χ4v) is 7.34. The van der Waals surface area contributed by atoms with E-state index in [0.717, 1.165) is 76.3 Å². The van der Waals surface area contributed by atoms with Crippen LogP contribution in [0.4, 0.5) is 0 Å². The molecule has 0 unspecified atom stereocenters. The SMILES string of the molecule is CS(=O)(=O)N(SN(C1CCCCC1)S(C)(=O)=O)C1CCCCC1. The molecule has 2 fully saturated rings. The molecule has 0 aliphatic heterocycles. The summed E-state index contributed by atoms with van der Waals surface area (Å²) in [5.41, 5.74) is 0. The van der Waals surface area contributed by atoms with Gasteiger partial charge in [-0.15, -0.1) is 7.42 Å². The topological polar surface area (TPSA) is 74.8 Å². The van der Waals surface area contributed by atoms with Crippen LogP contribution in [0.2, 0.25) is 0 Å². The Balaban J connectivity index is 2.22. The summed E-state index contributed by atoms with van der Waals surface area (Å²) in [4.78, 5) is 0. The molecule has 0 aromatic heterocycles. The largest absolute Gasteiger partial charge is 0.221 e. The van der Waals surface area contributed by atoms with Crippen LogP contribution in [0.3, 0.4) is 0 Å². The van der Waals surface area contributed by atoms with Gasteiger partial charge in [0.25, 0.3) is 0 Å². The zero-order chi connectivity index (χ0) is 17.1. The third-order valence-electron chi connectivity index (χ3n) is 4.56. The molecule has 0 amide bonds. The van der Waals surface area contributed by atoms with Gasteiger partial charge in [-0.1, -0.05) is 38.5 Å². The minimum Gasteiger partial charge on any atom is -0.212 e. The van der Waals surface area contributed by atoms with E-state index >= 15 is 0 Å². The van der Waals surface area contributed by atoms with Crippen molar-refractivity contribution in [1.82, 2.24) is 7.42 Å². The molecular weight excluding hydrogens is 356 g/mol. The van der Waals surface area contributed by atoms with Gasteiger partial charge in [0.1, 0.15) is 0 Å². The second-order valence-electron chi connectivity index (χ2n) is 6.70. The number of hydrogen-bond acceptors (Lipinski definition) is 5. The van der Waals surface area contributed by atoms with Gasteiger partial charge in [0.15, 0.2) is 0 Å². The van der Waals surface area contributed by atoms with Crippen molar-refractivity contribution in [1.29, 1.82) is 0 Å². The van der Waals surface area contributed by atoms with Crippen LogP contribution in [0.25, 0.3) is 0 Å². The van der Waals surface area contributed by atoms with Crippen LogP contribution in [0, 0.1) is 0 Å². The van der Waals surface area contributed by atoms with E-state index in [1.807, 2.05) is 0 Å². The first-order valence-electron chi connectivity index (χ1n) is 8.36. The fraction of sp³-hybridized carbons (Fsp3) is 1.00. The van der Waals surface area contributed by atoms with E-state index in [9.17, 15) is 16.8 Å². The number of sulfonamides is 2. The first-order valence-corrected chi connectivity index (χ1v) is 12.8. The number of hydrogen-bond donors (Lipinski definition) is 0. The van der Waals surface area contributed by atoms with Crippen molar-refractivity contribution in [2.24, 2.45) is 0 Å². The monoisotopic (exact) mass is 384 g/mol. The normalized spacial score (nSPS) is 22.8. The Labute approximate surface area is 145 Å². The third kappa shape index (κ3) is 5.59. The molecule has 0 bridgehead atoms. The molecule has 0 saturated heterocycles. The van der Waals surface area contributed by atoms with Crippen LogP contribution >= 0.6 is 12.1 Å². The number of rotatable bonds is 6. The molecule has 136 valence electrons. The van der Waals surface area contributed by atoms with Gasteiger partial charge in [-0.25, -0.2) is 16.8 Å². The Morgan fingerprint density at radius 2 is 0.957 bits per heavy atom. The Kier molecular flexibility index (Phi) is 6.81. The molecule has 0 aromatic carbocycles. The van der Waals surface area contributed by atoms with Gasteiger partial charge in [0, 0.05) is 24.2 Å². The average Bonchev–Trinajstić information content (AvgIpc) is 2.47. The Hall–Kier alpha value is 0.170. The highest BCUT2D eigenvalue weighted by Gasteiger charge is 2.37. The Morgan fingerprint density at radius 1 is 0.652 bits per heavy atom. The highest BCUT2D eigenvalue weighted by Crippen LogP contribution is 2.36. The predicted octanol–water partition coefficient (Wildman–Crippen LogP) is 2.74. The molecule has 0 heterocycles.